The van der Waals surface area contributed by atoms with Crippen molar-refractivity contribution in [1.29, 1.82) is 0 Å². The van der Waals surface area contributed by atoms with Crippen LogP contribution in [0.25, 0.3) is 0 Å². The van der Waals surface area contributed by atoms with Crippen molar-refractivity contribution in [2.24, 2.45) is 0 Å². The minimum atomic E-state index is -0.924. The molecule has 0 aliphatic carbocycles. The number of likely N-dealkylation sites (N-methyl/N-ethyl adjacent to an activating group) is 1. The van der Waals surface area contributed by atoms with Crippen molar-refractivity contribution >= 4 is 39.7 Å². The monoisotopic (exact) mass is 391 g/mol. The second-order valence-electron chi connectivity index (χ2n) is 5.93. The highest BCUT2D eigenvalue weighted by Crippen LogP contribution is 2.30. The molecule has 1 aliphatic rings. The van der Waals surface area contributed by atoms with E-state index in [1.807, 2.05) is 7.05 Å². The zero-order valence-corrected chi connectivity index (χ0v) is 15.5. The Labute approximate surface area is 158 Å². The minimum Gasteiger partial charge on any atom is -0.494 e. The molecule has 0 saturated heterocycles. The van der Waals surface area contributed by atoms with E-state index in [1.165, 1.54) is 36.6 Å². The van der Waals surface area contributed by atoms with Gasteiger partial charge in [-0.25, -0.2) is 4.98 Å². The second kappa shape index (κ2) is 7.68. The lowest BCUT2D eigenvalue weighted by molar-refractivity contribution is -0.384. The second-order valence-corrected chi connectivity index (χ2v) is 7.01. The van der Waals surface area contributed by atoms with Crippen molar-refractivity contribution in [1.82, 2.24) is 9.88 Å². The molecule has 2 N–H and O–H groups in total. The van der Waals surface area contributed by atoms with E-state index in [9.17, 15) is 19.7 Å². The summed E-state index contributed by atoms with van der Waals surface area (Å²) >= 11 is 1.34. The maximum absolute atomic E-state index is 12.2. The summed E-state index contributed by atoms with van der Waals surface area (Å²) in [6, 6.07) is 3.68. The van der Waals surface area contributed by atoms with Gasteiger partial charge in [-0.1, -0.05) is 0 Å². The Morgan fingerprint density at radius 1 is 1.33 bits per heavy atom. The van der Waals surface area contributed by atoms with Gasteiger partial charge in [0, 0.05) is 30.5 Å². The molecule has 2 aromatic rings. The molecule has 0 radical (unpaired) electrons. The largest absolute Gasteiger partial charge is 0.494 e. The predicted molar refractivity (Wildman–Crippen MR) is 99.1 cm³/mol. The van der Waals surface area contributed by atoms with Crippen molar-refractivity contribution in [3.05, 3.63) is 38.9 Å². The number of amides is 2. The lowest BCUT2D eigenvalue weighted by atomic mass is 10.2. The first kappa shape index (κ1) is 18.7. The standard InChI is InChI=1S/C16H17N5O5S/c1-20-6-5-11-13(8-20)27-16(18-11)19-15(23)14(22)17-10-4-3-9(21(24)25)7-12(10)26-2/h3-4,7H,5-6,8H2,1-2H3,(H,17,22)(H,18,19,23). The molecular formula is C16H17N5O5S. The van der Waals surface area contributed by atoms with Crippen LogP contribution < -0.4 is 15.4 Å². The highest BCUT2D eigenvalue weighted by molar-refractivity contribution is 7.16. The molecule has 27 heavy (non-hydrogen) atoms. The molecule has 2 heterocycles. The topological polar surface area (TPSA) is 127 Å². The van der Waals surface area contributed by atoms with Crippen LogP contribution in [0, 0.1) is 10.1 Å². The zero-order valence-electron chi connectivity index (χ0n) is 14.6. The third kappa shape index (κ3) is 4.20. The Kier molecular flexibility index (Phi) is 5.33. The number of rotatable bonds is 4. The number of ether oxygens (including phenoxy) is 1. The fraction of sp³-hybridized carbons (Fsp3) is 0.312. The lowest BCUT2D eigenvalue weighted by Crippen LogP contribution is -2.29. The number of hydrogen-bond acceptors (Lipinski definition) is 8. The third-order valence-electron chi connectivity index (χ3n) is 3.99. The number of thiazole rings is 1. The molecule has 1 aliphatic heterocycles. The molecule has 11 heteroatoms. The van der Waals surface area contributed by atoms with E-state index >= 15 is 0 Å². The summed E-state index contributed by atoms with van der Waals surface area (Å²) in [6.45, 7) is 1.65. The molecule has 0 spiro atoms. The first-order chi connectivity index (χ1) is 12.9. The number of nitro benzene ring substituents is 1. The number of hydrogen-bond donors (Lipinski definition) is 2. The van der Waals surface area contributed by atoms with Gasteiger partial charge in [0.05, 0.1) is 29.5 Å². The summed E-state index contributed by atoms with van der Waals surface area (Å²) in [6.07, 6.45) is 0.796. The summed E-state index contributed by atoms with van der Waals surface area (Å²) in [5.74, 6) is -1.72. The normalized spacial score (nSPS) is 13.6. The number of nitro groups is 1. The number of non-ortho nitro benzene ring substituents is 1. The lowest BCUT2D eigenvalue weighted by Gasteiger charge is -2.20. The van der Waals surface area contributed by atoms with Crippen LogP contribution >= 0.6 is 11.3 Å². The van der Waals surface area contributed by atoms with E-state index in [0.717, 1.165) is 30.1 Å². The van der Waals surface area contributed by atoms with Crippen molar-refractivity contribution in [2.75, 3.05) is 31.3 Å². The van der Waals surface area contributed by atoms with Gasteiger partial charge in [-0.3, -0.25) is 25.0 Å². The maximum Gasteiger partial charge on any atom is 0.315 e. The molecule has 1 aromatic heterocycles. The average Bonchev–Trinajstić information content (AvgIpc) is 3.02. The van der Waals surface area contributed by atoms with Crippen molar-refractivity contribution in [3.8, 4) is 5.75 Å². The summed E-state index contributed by atoms with van der Waals surface area (Å²) in [5, 5.41) is 16.1. The van der Waals surface area contributed by atoms with Crippen LogP contribution in [0.4, 0.5) is 16.5 Å². The summed E-state index contributed by atoms with van der Waals surface area (Å²) in [4.78, 5) is 42.1. The molecule has 0 saturated carbocycles. The molecule has 142 valence electrons. The van der Waals surface area contributed by atoms with E-state index < -0.39 is 16.7 Å². The Bertz CT molecular complexity index is 913. The van der Waals surface area contributed by atoms with Crippen LogP contribution in [-0.2, 0) is 22.6 Å². The number of aromatic nitrogens is 1. The summed E-state index contributed by atoms with van der Waals surface area (Å²) < 4.78 is 5.03. The van der Waals surface area contributed by atoms with E-state index in [4.69, 9.17) is 4.74 Å². The number of carbonyl (C=O) groups excluding carboxylic acids is 2. The fourth-order valence-electron chi connectivity index (χ4n) is 2.61. The van der Waals surface area contributed by atoms with Gasteiger partial charge in [-0.15, -0.1) is 11.3 Å². The molecule has 0 unspecified atom stereocenters. The van der Waals surface area contributed by atoms with Gasteiger partial charge in [-0.05, 0) is 13.1 Å². The minimum absolute atomic E-state index is 0.0816. The van der Waals surface area contributed by atoms with Crippen molar-refractivity contribution in [3.63, 3.8) is 0 Å². The highest BCUT2D eigenvalue weighted by atomic mass is 32.1. The van der Waals surface area contributed by atoms with Gasteiger partial charge in [0.2, 0.25) is 0 Å². The number of carbonyl (C=O) groups is 2. The zero-order chi connectivity index (χ0) is 19.6. The first-order valence-corrected chi connectivity index (χ1v) is 8.81. The molecule has 0 atom stereocenters. The van der Waals surface area contributed by atoms with Gasteiger partial charge >= 0.3 is 11.8 Å². The number of fused-ring (bicyclic) bond motifs is 1. The Morgan fingerprint density at radius 3 is 2.78 bits per heavy atom. The van der Waals surface area contributed by atoms with Gasteiger partial charge in [-0.2, -0.15) is 0 Å². The number of nitrogens with zero attached hydrogens (tertiary/aromatic N) is 3. The van der Waals surface area contributed by atoms with Crippen LogP contribution in [0.2, 0.25) is 0 Å². The Hall–Kier alpha value is -3.05. The van der Waals surface area contributed by atoms with E-state index in [-0.39, 0.29) is 17.1 Å². The molecule has 3 rings (SSSR count). The number of nitrogens with one attached hydrogen (secondary N) is 2. The number of anilines is 2. The van der Waals surface area contributed by atoms with Gasteiger partial charge in [0.15, 0.2) is 5.13 Å². The van der Waals surface area contributed by atoms with E-state index in [1.54, 1.807) is 0 Å². The average molecular weight is 391 g/mol. The Morgan fingerprint density at radius 2 is 2.07 bits per heavy atom. The van der Waals surface area contributed by atoms with Gasteiger partial charge in [0.25, 0.3) is 5.69 Å². The Balaban J connectivity index is 1.68. The van der Waals surface area contributed by atoms with Crippen LogP contribution in [0.5, 0.6) is 5.75 Å². The van der Waals surface area contributed by atoms with Crippen molar-refractivity contribution in [2.45, 2.75) is 13.0 Å². The quantitative estimate of drug-likeness (QED) is 0.461. The fourth-order valence-corrected chi connectivity index (χ4v) is 3.69. The molecular weight excluding hydrogens is 374 g/mol. The molecule has 0 fully saturated rings. The first-order valence-electron chi connectivity index (χ1n) is 7.99. The maximum atomic E-state index is 12.2. The molecule has 1 aromatic carbocycles. The number of methoxy groups -OCH3 is 1. The summed E-state index contributed by atoms with van der Waals surface area (Å²) in [7, 11) is 3.32. The number of benzene rings is 1. The smallest absolute Gasteiger partial charge is 0.315 e. The SMILES string of the molecule is COc1cc([N+](=O)[O-])ccc1NC(=O)C(=O)Nc1nc2c(s1)CN(C)CC2. The highest BCUT2D eigenvalue weighted by Gasteiger charge is 2.22. The van der Waals surface area contributed by atoms with Crippen LogP contribution in [0.15, 0.2) is 18.2 Å². The van der Waals surface area contributed by atoms with Crippen molar-refractivity contribution < 1.29 is 19.2 Å². The van der Waals surface area contributed by atoms with E-state index in [2.05, 4.69) is 20.5 Å². The van der Waals surface area contributed by atoms with E-state index in [0.29, 0.717) is 5.13 Å². The van der Waals surface area contributed by atoms with Gasteiger partial charge in [0.1, 0.15) is 5.75 Å². The van der Waals surface area contributed by atoms with Gasteiger partial charge < -0.3 is 15.0 Å². The van der Waals surface area contributed by atoms with Crippen LogP contribution in [0.3, 0.4) is 0 Å². The van der Waals surface area contributed by atoms with Crippen LogP contribution in [-0.4, -0.2) is 47.3 Å². The molecule has 2 amide bonds. The molecule has 0 bridgehead atoms. The third-order valence-corrected chi connectivity index (χ3v) is 4.99. The predicted octanol–water partition coefficient (Wildman–Crippen LogP) is 1.62. The molecule has 10 nitrogen and oxygen atoms in total. The summed E-state index contributed by atoms with van der Waals surface area (Å²) in [5.41, 5.74) is 0.904. The van der Waals surface area contributed by atoms with Crippen LogP contribution in [0.1, 0.15) is 10.6 Å².